The Hall–Kier alpha value is -1.04. The molecule has 0 aliphatic carbocycles. The highest BCUT2D eigenvalue weighted by Gasteiger charge is 1.93. The first-order valence-corrected chi connectivity index (χ1v) is 4.32. The van der Waals surface area contributed by atoms with E-state index < -0.39 is 0 Å². The normalized spacial score (nSPS) is 9.67. The maximum Gasteiger partial charge on any atom is -0.0225 e. The van der Waals surface area contributed by atoms with Crippen LogP contribution in [0.1, 0.15) is 30.5 Å². The van der Waals surface area contributed by atoms with E-state index in [4.69, 9.17) is 0 Å². The molecule has 0 aromatic heterocycles. The summed E-state index contributed by atoms with van der Waals surface area (Å²) in [5, 5.41) is 0. The highest BCUT2D eigenvalue weighted by Crippen LogP contribution is 2.13. The quantitative estimate of drug-likeness (QED) is 0.587. The van der Waals surface area contributed by atoms with Gasteiger partial charge in [0.1, 0.15) is 0 Å². The standard InChI is InChI=1S/C12H16/c1-9(2)7-12-8-10(3)5-6-11(12)4/h5-8H,1-4H3. The smallest absolute Gasteiger partial charge is 0.0225 e. The van der Waals surface area contributed by atoms with Crippen molar-refractivity contribution >= 4 is 6.08 Å². The van der Waals surface area contributed by atoms with Crippen LogP contribution in [0.2, 0.25) is 0 Å². The maximum atomic E-state index is 2.22. The van der Waals surface area contributed by atoms with Gasteiger partial charge in [0.05, 0.1) is 0 Å². The van der Waals surface area contributed by atoms with Crippen molar-refractivity contribution in [2.75, 3.05) is 0 Å². The van der Waals surface area contributed by atoms with E-state index in [9.17, 15) is 0 Å². The molecule has 0 aliphatic heterocycles. The van der Waals surface area contributed by atoms with E-state index in [2.05, 4.69) is 52.0 Å². The average molecular weight is 160 g/mol. The molecule has 0 nitrogen and oxygen atoms in total. The lowest BCUT2D eigenvalue weighted by atomic mass is 10.0. The van der Waals surface area contributed by atoms with Crippen LogP contribution >= 0.6 is 0 Å². The summed E-state index contributed by atoms with van der Waals surface area (Å²) in [4.78, 5) is 0. The van der Waals surface area contributed by atoms with Crippen molar-refractivity contribution < 1.29 is 0 Å². The van der Waals surface area contributed by atoms with Crippen molar-refractivity contribution in [3.63, 3.8) is 0 Å². The minimum atomic E-state index is 1.33. The fraction of sp³-hybridized carbons (Fsp3) is 0.333. The Bertz CT molecular complexity index is 302. The molecule has 64 valence electrons. The molecule has 0 amide bonds. The van der Waals surface area contributed by atoms with Gasteiger partial charge < -0.3 is 0 Å². The Labute approximate surface area is 74.9 Å². The predicted molar refractivity (Wildman–Crippen MR) is 55.2 cm³/mol. The first-order valence-electron chi connectivity index (χ1n) is 4.32. The molecule has 0 unspecified atom stereocenters. The Kier molecular flexibility index (Phi) is 2.69. The third-order valence-electron chi connectivity index (χ3n) is 1.88. The molecule has 1 rings (SSSR count). The molecule has 0 aliphatic rings. The van der Waals surface area contributed by atoms with Gasteiger partial charge in [-0.05, 0) is 38.8 Å². The molecule has 0 radical (unpaired) electrons. The van der Waals surface area contributed by atoms with E-state index in [1.165, 1.54) is 22.3 Å². The third kappa shape index (κ3) is 2.23. The zero-order valence-electron chi connectivity index (χ0n) is 8.31. The maximum absolute atomic E-state index is 2.22. The zero-order chi connectivity index (χ0) is 9.14. The minimum absolute atomic E-state index is 1.33. The Morgan fingerprint density at radius 3 is 2.42 bits per heavy atom. The second-order valence-corrected chi connectivity index (χ2v) is 3.58. The lowest BCUT2D eigenvalue weighted by molar-refractivity contribution is 1.35. The average Bonchev–Trinajstić information content (AvgIpc) is 1.96. The fourth-order valence-electron chi connectivity index (χ4n) is 1.23. The zero-order valence-corrected chi connectivity index (χ0v) is 8.31. The van der Waals surface area contributed by atoms with Crippen LogP contribution in [0.4, 0.5) is 0 Å². The van der Waals surface area contributed by atoms with Gasteiger partial charge in [-0.25, -0.2) is 0 Å². The van der Waals surface area contributed by atoms with Gasteiger partial charge in [0.15, 0.2) is 0 Å². The summed E-state index contributed by atoms with van der Waals surface area (Å²) in [6.07, 6.45) is 2.22. The van der Waals surface area contributed by atoms with Gasteiger partial charge in [-0.15, -0.1) is 0 Å². The van der Waals surface area contributed by atoms with E-state index in [-0.39, 0.29) is 0 Å². The van der Waals surface area contributed by atoms with E-state index in [0.29, 0.717) is 0 Å². The Morgan fingerprint density at radius 2 is 1.83 bits per heavy atom. The van der Waals surface area contributed by atoms with E-state index in [1.807, 2.05) is 0 Å². The summed E-state index contributed by atoms with van der Waals surface area (Å²) < 4.78 is 0. The summed E-state index contributed by atoms with van der Waals surface area (Å²) in [5.41, 5.74) is 5.37. The molecule has 1 aromatic rings. The van der Waals surface area contributed by atoms with Crippen LogP contribution in [0.5, 0.6) is 0 Å². The molecule has 0 saturated carbocycles. The van der Waals surface area contributed by atoms with Gasteiger partial charge in [-0.3, -0.25) is 0 Å². The van der Waals surface area contributed by atoms with E-state index in [1.54, 1.807) is 0 Å². The third-order valence-corrected chi connectivity index (χ3v) is 1.88. The van der Waals surface area contributed by atoms with Crippen molar-refractivity contribution in [3.05, 3.63) is 40.5 Å². The van der Waals surface area contributed by atoms with Gasteiger partial charge in [0.25, 0.3) is 0 Å². The molecular formula is C12H16. The lowest BCUT2D eigenvalue weighted by Crippen LogP contribution is -1.82. The van der Waals surface area contributed by atoms with Gasteiger partial charge in [-0.1, -0.05) is 35.4 Å². The number of allylic oxidation sites excluding steroid dienone is 1. The first-order chi connectivity index (χ1) is 5.59. The SMILES string of the molecule is CC(C)=Cc1cc(C)ccc1C. The van der Waals surface area contributed by atoms with Crippen LogP contribution < -0.4 is 0 Å². The van der Waals surface area contributed by atoms with Crippen molar-refractivity contribution in [1.82, 2.24) is 0 Å². The number of rotatable bonds is 1. The highest BCUT2D eigenvalue weighted by molar-refractivity contribution is 5.56. The number of aryl methyl sites for hydroxylation is 2. The summed E-state index contributed by atoms with van der Waals surface area (Å²) in [6, 6.07) is 6.55. The highest BCUT2D eigenvalue weighted by atomic mass is 14.0. The largest absolute Gasteiger partial charge is 0.0758 e. The van der Waals surface area contributed by atoms with Gasteiger partial charge in [0.2, 0.25) is 0 Å². The van der Waals surface area contributed by atoms with Gasteiger partial charge >= 0.3 is 0 Å². The first kappa shape index (κ1) is 9.05. The summed E-state index contributed by atoms with van der Waals surface area (Å²) in [6.45, 7) is 8.53. The molecule has 0 saturated heterocycles. The molecule has 0 atom stereocenters. The molecule has 0 heterocycles. The number of benzene rings is 1. The predicted octanol–water partition coefficient (Wildman–Crippen LogP) is 3.73. The molecule has 0 bridgehead atoms. The molecule has 0 fully saturated rings. The van der Waals surface area contributed by atoms with Crippen LogP contribution in [0.25, 0.3) is 6.08 Å². The Morgan fingerprint density at radius 1 is 1.17 bits per heavy atom. The van der Waals surface area contributed by atoms with Crippen LogP contribution in [0.15, 0.2) is 23.8 Å². The fourth-order valence-corrected chi connectivity index (χ4v) is 1.23. The number of hydrogen-bond acceptors (Lipinski definition) is 0. The summed E-state index contributed by atoms with van der Waals surface area (Å²) in [5.74, 6) is 0. The molecule has 12 heavy (non-hydrogen) atoms. The van der Waals surface area contributed by atoms with E-state index >= 15 is 0 Å². The topological polar surface area (TPSA) is 0 Å². The molecule has 1 aromatic carbocycles. The minimum Gasteiger partial charge on any atom is -0.0758 e. The summed E-state index contributed by atoms with van der Waals surface area (Å²) >= 11 is 0. The summed E-state index contributed by atoms with van der Waals surface area (Å²) in [7, 11) is 0. The second kappa shape index (κ2) is 3.57. The van der Waals surface area contributed by atoms with Crippen molar-refractivity contribution in [2.24, 2.45) is 0 Å². The number of hydrogen-bond donors (Lipinski definition) is 0. The Balaban J connectivity index is 3.14. The van der Waals surface area contributed by atoms with Crippen LogP contribution in [0, 0.1) is 13.8 Å². The van der Waals surface area contributed by atoms with Crippen molar-refractivity contribution in [3.8, 4) is 0 Å². The van der Waals surface area contributed by atoms with Crippen molar-refractivity contribution in [1.29, 1.82) is 0 Å². The molecule has 0 heteroatoms. The molecular weight excluding hydrogens is 144 g/mol. The second-order valence-electron chi connectivity index (χ2n) is 3.58. The van der Waals surface area contributed by atoms with Gasteiger partial charge in [0, 0.05) is 0 Å². The van der Waals surface area contributed by atoms with Crippen LogP contribution in [-0.4, -0.2) is 0 Å². The van der Waals surface area contributed by atoms with Crippen LogP contribution in [-0.2, 0) is 0 Å². The molecule has 0 spiro atoms. The van der Waals surface area contributed by atoms with Crippen LogP contribution in [0.3, 0.4) is 0 Å². The van der Waals surface area contributed by atoms with Crippen molar-refractivity contribution in [2.45, 2.75) is 27.7 Å². The van der Waals surface area contributed by atoms with E-state index in [0.717, 1.165) is 0 Å². The monoisotopic (exact) mass is 160 g/mol. The molecule has 0 N–H and O–H groups in total. The van der Waals surface area contributed by atoms with Gasteiger partial charge in [-0.2, -0.15) is 0 Å². The lowest BCUT2D eigenvalue weighted by Gasteiger charge is -2.02.